The Kier molecular flexibility index (Phi) is 7.09. The molecule has 0 unspecified atom stereocenters. The fourth-order valence-electron chi connectivity index (χ4n) is 3.07. The number of nitrogens with zero attached hydrogens (tertiary/aromatic N) is 1. The maximum atomic E-state index is 13.0. The smallest absolute Gasteiger partial charge is 0.255 e. The highest BCUT2D eigenvalue weighted by atomic mass is 32.2. The third-order valence-corrected chi connectivity index (χ3v) is 6.87. The molecule has 0 heterocycles. The van der Waals surface area contributed by atoms with Crippen LogP contribution in [0.3, 0.4) is 0 Å². The molecule has 0 aliphatic carbocycles. The number of carbonyl (C=O) groups is 1. The monoisotopic (exact) mass is 438 g/mol. The first-order valence-corrected chi connectivity index (χ1v) is 11.4. The predicted molar refractivity (Wildman–Crippen MR) is 122 cm³/mol. The molecule has 0 saturated heterocycles. The van der Waals surface area contributed by atoms with Gasteiger partial charge in [0, 0.05) is 24.3 Å². The van der Waals surface area contributed by atoms with Crippen LogP contribution in [0.1, 0.15) is 28.4 Å². The number of hydrogen-bond donors (Lipinski definition) is 1. The number of sulfonamides is 1. The van der Waals surface area contributed by atoms with Gasteiger partial charge in [-0.3, -0.25) is 4.79 Å². The summed E-state index contributed by atoms with van der Waals surface area (Å²) in [5.74, 6) is 0.472. The van der Waals surface area contributed by atoms with Gasteiger partial charge in [0.15, 0.2) is 0 Å². The maximum absolute atomic E-state index is 13.0. The summed E-state index contributed by atoms with van der Waals surface area (Å²) in [4.78, 5) is 12.8. The quantitative estimate of drug-likeness (QED) is 0.563. The van der Waals surface area contributed by atoms with Crippen molar-refractivity contribution < 1.29 is 17.9 Å². The molecule has 6 nitrogen and oxygen atoms in total. The molecule has 3 rings (SSSR count). The standard InChI is InChI=1S/C24H26N2O4S/c1-4-26(31(28,29)23-15-5-18(2)6-16-23)17-19-7-9-20(10-8-19)24(27)25-21-11-13-22(30-3)14-12-21/h5-16H,4,17H2,1-3H3,(H,25,27). The second kappa shape index (κ2) is 9.76. The molecule has 0 aliphatic heterocycles. The van der Waals surface area contributed by atoms with Gasteiger partial charge in [0.25, 0.3) is 5.91 Å². The Labute approximate surface area is 183 Å². The molecule has 3 aromatic rings. The minimum Gasteiger partial charge on any atom is -0.497 e. The fraction of sp³-hybridized carbons (Fsp3) is 0.208. The molecule has 0 aliphatic rings. The van der Waals surface area contributed by atoms with Crippen molar-refractivity contribution in [3.05, 3.63) is 89.5 Å². The Morgan fingerprint density at radius 2 is 1.55 bits per heavy atom. The zero-order valence-electron chi connectivity index (χ0n) is 17.8. The summed E-state index contributed by atoms with van der Waals surface area (Å²) < 4.78 is 32.4. The molecular formula is C24H26N2O4S. The molecule has 31 heavy (non-hydrogen) atoms. The van der Waals surface area contributed by atoms with Gasteiger partial charge < -0.3 is 10.1 Å². The lowest BCUT2D eigenvalue weighted by Gasteiger charge is -2.21. The zero-order chi connectivity index (χ0) is 22.4. The molecule has 7 heteroatoms. The van der Waals surface area contributed by atoms with Crippen LogP contribution in [0, 0.1) is 6.92 Å². The maximum Gasteiger partial charge on any atom is 0.255 e. The minimum atomic E-state index is -3.60. The molecule has 0 fully saturated rings. The first kappa shape index (κ1) is 22.5. The van der Waals surface area contributed by atoms with Gasteiger partial charge in [0.2, 0.25) is 10.0 Å². The van der Waals surface area contributed by atoms with E-state index in [0.717, 1.165) is 11.1 Å². The number of aryl methyl sites for hydroxylation is 1. The summed E-state index contributed by atoms with van der Waals surface area (Å²) in [6.45, 7) is 4.30. The zero-order valence-corrected chi connectivity index (χ0v) is 18.6. The summed E-state index contributed by atoms with van der Waals surface area (Å²) in [6.07, 6.45) is 0. The summed E-state index contributed by atoms with van der Waals surface area (Å²) in [5, 5.41) is 2.83. The van der Waals surface area contributed by atoms with Gasteiger partial charge in [0.1, 0.15) is 5.75 Å². The van der Waals surface area contributed by atoms with E-state index in [1.807, 2.05) is 13.8 Å². The van der Waals surface area contributed by atoms with E-state index in [1.165, 1.54) is 4.31 Å². The van der Waals surface area contributed by atoms with Crippen LogP contribution in [-0.4, -0.2) is 32.3 Å². The van der Waals surface area contributed by atoms with Crippen molar-refractivity contribution in [2.24, 2.45) is 0 Å². The largest absolute Gasteiger partial charge is 0.497 e. The predicted octanol–water partition coefficient (Wildman–Crippen LogP) is 4.47. The molecule has 0 bridgehead atoms. The van der Waals surface area contributed by atoms with Gasteiger partial charge in [-0.05, 0) is 61.0 Å². The molecule has 0 radical (unpaired) electrons. The van der Waals surface area contributed by atoms with E-state index in [2.05, 4.69) is 5.32 Å². The summed E-state index contributed by atoms with van der Waals surface area (Å²) in [7, 11) is -2.01. The Balaban J connectivity index is 1.69. The van der Waals surface area contributed by atoms with Crippen LogP contribution in [-0.2, 0) is 16.6 Å². The van der Waals surface area contributed by atoms with E-state index in [-0.39, 0.29) is 17.3 Å². The number of anilines is 1. The number of methoxy groups -OCH3 is 1. The van der Waals surface area contributed by atoms with Crippen LogP contribution in [0.2, 0.25) is 0 Å². The highest BCUT2D eigenvalue weighted by Crippen LogP contribution is 2.20. The number of nitrogens with one attached hydrogen (secondary N) is 1. The minimum absolute atomic E-state index is 0.229. The lowest BCUT2D eigenvalue weighted by Crippen LogP contribution is -2.30. The van der Waals surface area contributed by atoms with Gasteiger partial charge in [0.05, 0.1) is 12.0 Å². The third kappa shape index (κ3) is 5.51. The van der Waals surface area contributed by atoms with E-state index in [1.54, 1.807) is 79.9 Å². The molecule has 0 atom stereocenters. The number of amides is 1. The molecule has 1 amide bonds. The Morgan fingerprint density at radius 1 is 0.935 bits per heavy atom. The second-order valence-corrected chi connectivity index (χ2v) is 9.06. The number of benzene rings is 3. The van der Waals surface area contributed by atoms with Gasteiger partial charge >= 0.3 is 0 Å². The average Bonchev–Trinajstić information content (AvgIpc) is 2.78. The van der Waals surface area contributed by atoms with Crippen LogP contribution in [0.5, 0.6) is 5.75 Å². The molecule has 162 valence electrons. The molecule has 1 N–H and O–H groups in total. The highest BCUT2D eigenvalue weighted by molar-refractivity contribution is 7.89. The average molecular weight is 439 g/mol. The SMILES string of the molecule is CCN(Cc1ccc(C(=O)Nc2ccc(OC)cc2)cc1)S(=O)(=O)c1ccc(C)cc1. The van der Waals surface area contributed by atoms with Gasteiger partial charge in [-0.2, -0.15) is 4.31 Å². The molecule has 0 spiro atoms. The molecule has 0 aromatic heterocycles. The van der Waals surface area contributed by atoms with Crippen molar-refractivity contribution in [1.82, 2.24) is 4.31 Å². The summed E-state index contributed by atoms with van der Waals surface area (Å²) in [6, 6.07) is 20.8. The number of carbonyl (C=O) groups excluding carboxylic acids is 1. The molecule has 3 aromatic carbocycles. The van der Waals surface area contributed by atoms with E-state index >= 15 is 0 Å². The van der Waals surface area contributed by atoms with Gasteiger partial charge in [-0.15, -0.1) is 0 Å². The van der Waals surface area contributed by atoms with E-state index < -0.39 is 10.0 Å². The van der Waals surface area contributed by atoms with Crippen molar-refractivity contribution in [2.45, 2.75) is 25.3 Å². The Morgan fingerprint density at radius 3 is 2.10 bits per heavy atom. The van der Waals surface area contributed by atoms with Crippen molar-refractivity contribution in [3.63, 3.8) is 0 Å². The van der Waals surface area contributed by atoms with Crippen molar-refractivity contribution in [1.29, 1.82) is 0 Å². The summed E-state index contributed by atoms with van der Waals surface area (Å²) >= 11 is 0. The van der Waals surface area contributed by atoms with E-state index in [4.69, 9.17) is 4.74 Å². The Hall–Kier alpha value is -3.16. The Bertz CT molecular complexity index is 1120. The van der Waals surface area contributed by atoms with E-state index in [0.29, 0.717) is 23.5 Å². The first-order valence-electron chi connectivity index (χ1n) is 9.94. The van der Waals surface area contributed by atoms with Crippen molar-refractivity contribution in [2.75, 3.05) is 19.0 Å². The molecule has 0 saturated carbocycles. The molecular weight excluding hydrogens is 412 g/mol. The topological polar surface area (TPSA) is 75.7 Å². The normalized spacial score (nSPS) is 11.4. The van der Waals surface area contributed by atoms with Crippen LogP contribution in [0.15, 0.2) is 77.7 Å². The lowest BCUT2D eigenvalue weighted by molar-refractivity contribution is 0.102. The number of rotatable bonds is 8. The van der Waals surface area contributed by atoms with Crippen molar-refractivity contribution >= 4 is 21.6 Å². The van der Waals surface area contributed by atoms with Gasteiger partial charge in [-0.1, -0.05) is 36.8 Å². The number of hydrogen-bond acceptors (Lipinski definition) is 4. The number of ether oxygens (including phenoxy) is 1. The van der Waals surface area contributed by atoms with Crippen LogP contribution >= 0.6 is 0 Å². The first-order chi connectivity index (χ1) is 14.8. The van der Waals surface area contributed by atoms with Gasteiger partial charge in [-0.25, -0.2) is 8.42 Å². The van der Waals surface area contributed by atoms with Crippen LogP contribution in [0.4, 0.5) is 5.69 Å². The fourth-order valence-corrected chi connectivity index (χ4v) is 4.51. The van der Waals surface area contributed by atoms with E-state index in [9.17, 15) is 13.2 Å². The van der Waals surface area contributed by atoms with Crippen LogP contribution < -0.4 is 10.1 Å². The van der Waals surface area contributed by atoms with Crippen molar-refractivity contribution in [3.8, 4) is 5.75 Å². The summed E-state index contributed by atoms with van der Waals surface area (Å²) in [5.41, 5.74) is 2.96. The van der Waals surface area contributed by atoms with Crippen LogP contribution in [0.25, 0.3) is 0 Å². The lowest BCUT2D eigenvalue weighted by atomic mass is 10.1. The second-order valence-electron chi connectivity index (χ2n) is 7.12. The highest BCUT2D eigenvalue weighted by Gasteiger charge is 2.23. The third-order valence-electron chi connectivity index (χ3n) is 4.93.